The van der Waals surface area contributed by atoms with Gasteiger partial charge in [0.05, 0.1) is 6.61 Å². The van der Waals surface area contributed by atoms with Crippen LogP contribution in [0.3, 0.4) is 0 Å². The molecule has 2 heterocycles. The van der Waals surface area contributed by atoms with Crippen LogP contribution in [0.1, 0.15) is 6.92 Å². The van der Waals surface area contributed by atoms with Crippen LogP contribution in [0, 0.1) is 0 Å². The van der Waals surface area contributed by atoms with Gasteiger partial charge < -0.3 is 54.7 Å². The summed E-state index contributed by atoms with van der Waals surface area (Å²) in [5, 5.41) is 68.3. The van der Waals surface area contributed by atoms with E-state index < -0.39 is 80.6 Å². The molecule has 0 radical (unpaired) electrons. The van der Waals surface area contributed by atoms with E-state index in [1.165, 1.54) is 0 Å². The number of carbonyl (C=O) groups excluding carboxylic acids is 1. The second-order valence-electron chi connectivity index (χ2n) is 6.15. The second-order valence-corrected chi connectivity index (χ2v) is 6.15. The van der Waals surface area contributed by atoms with E-state index in [0.29, 0.717) is 0 Å². The van der Waals surface area contributed by atoms with Gasteiger partial charge in [-0.05, 0) is 0 Å². The quantitative estimate of drug-likeness (QED) is 0.224. The number of hydrogen-bond acceptors (Lipinski definition) is 12. The maximum Gasteiger partial charge on any atom is 0.302 e. The Morgan fingerprint density at radius 2 is 1.27 bits per heavy atom. The third-order valence-corrected chi connectivity index (χ3v) is 4.24. The molecule has 2 aliphatic rings. The summed E-state index contributed by atoms with van der Waals surface area (Å²) in [6.45, 7) is 0.00649. The fourth-order valence-corrected chi connectivity index (χ4v) is 2.68. The molecule has 9 unspecified atom stereocenters. The molecule has 2 rings (SSSR count). The molecule has 0 bridgehead atoms. The molecular weight excluding hydrogens is 360 g/mol. The first-order valence-electron chi connectivity index (χ1n) is 7.96. The van der Waals surface area contributed by atoms with Gasteiger partial charge in [0.25, 0.3) is 0 Å². The number of aliphatic hydroxyl groups excluding tert-OH is 7. The van der Waals surface area contributed by atoms with Crippen LogP contribution in [0.25, 0.3) is 0 Å². The van der Waals surface area contributed by atoms with Gasteiger partial charge in [0.2, 0.25) is 0 Å². The van der Waals surface area contributed by atoms with Crippen LogP contribution in [-0.4, -0.2) is 116 Å². The number of carbonyl (C=O) groups is 1. The number of rotatable bonds is 5. The number of ether oxygens (including phenoxy) is 4. The molecule has 0 spiro atoms. The van der Waals surface area contributed by atoms with E-state index in [0.717, 1.165) is 6.92 Å². The lowest BCUT2D eigenvalue weighted by atomic mass is 9.98. The van der Waals surface area contributed by atoms with Crippen LogP contribution in [-0.2, 0) is 23.7 Å². The minimum atomic E-state index is -1.76. The summed E-state index contributed by atoms with van der Waals surface area (Å²) in [7, 11) is 0. The van der Waals surface area contributed by atoms with Crippen LogP contribution in [0.4, 0.5) is 0 Å². The maximum absolute atomic E-state index is 10.9. The first-order valence-corrected chi connectivity index (χ1v) is 7.96. The normalized spacial score (nSPS) is 46.8. The lowest BCUT2D eigenvalue weighted by Gasteiger charge is -2.44. The molecular formula is C14H24O12. The number of aliphatic hydroxyl groups is 7. The predicted molar refractivity (Wildman–Crippen MR) is 78.2 cm³/mol. The van der Waals surface area contributed by atoms with Crippen molar-refractivity contribution >= 4 is 5.97 Å². The van der Waals surface area contributed by atoms with E-state index in [4.69, 9.17) is 24.1 Å². The molecule has 7 N–H and O–H groups in total. The average Bonchev–Trinajstić information content (AvgIpc) is 2.61. The van der Waals surface area contributed by atoms with Gasteiger partial charge >= 0.3 is 5.97 Å². The summed E-state index contributed by atoms with van der Waals surface area (Å²) in [6, 6.07) is 0. The topological polar surface area (TPSA) is 196 Å². The van der Waals surface area contributed by atoms with Crippen molar-refractivity contribution in [3.63, 3.8) is 0 Å². The highest BCUT2D eigenvalue weighted by Gasteiger charge is 2.49. The van der Waals surface area contributed by atoms with Crippen molar-refractivity contribution in [1.82, 2.24) is 0 Å². The van der Waals surface area contributed by atoms with Gasteiger partial charge in [-0.25, -0.2) is 0 Å². The van der Waals surface area contributed by atoms with E-state index >= 15 is 0 Å². The highest BCUT2D eigenvalue weighted by Crippen LogP contribution is 2.28. The molecule has 0 aliphatic carbocycles. The van der Waals surface area contributed by atoms with Crippen molar-refractivity contribution < 1.29 is 59.5 Å². The minimum absolute atomic E-state index is 0.436. The third-order valence-electron chi connectivity index (χ3n) is 4.24. The maximum atomic E-state index is 10.9. The molecule has 2 saturated heterocycles. The van der Waals surface area contributed by atoms with Crippen LogP contribution in [0.15, 0.2) is 0 Å². The molecule has 10 atom stereocenters. The van der Waals surface area contributed by atoms with Crippen LogP contribution in [0.5, 0.6) is 0 Å². The average molecular weight is 384 g/mol. The molecule has 152 valence electrons. The Hall–Kier alpha value is -0.930. The molecule has 2 fully saturated rings. The Bertz CT molecular complexity index is 473. The van der Waals surface area contributed by atoms with Crippen molar-refractivity contribution in [2.24, 2.45) is 0 Å². The molecule has 0 amide bonds. The number of hydrogen-bond donors (Lipinski definition) is 7. The smallest absolute Gasteiger partial charge is 0.302 e. The third kappa shape index (κ3) is 4.48. The molecule has 12 nitrogen and oxygen atoms in total. The molecule has 2 aliphatic heterocycles. The van der Waals surface area contributed by atoms with Gasteiger partial charge in [-0.1, -0.05) is 0 Å². The fraction of sp³-hybridized carbons (Fsp3) is 0.929. The van der Waals surface area contributed by atoms with E-state index in [1.807, 2.05) is 0 Å². The molecule has 0 saturated carbocycles. The molecule has 12 heteroatoms. The molecule has 0 aromatic carbocycles. The fourth-order valence-electron chi connectivity index (χ4n) is 2.68. The Kier molecular flexibility index (Phi) is 7.27. The Labute approximate surface area is 148 Å². The predicted octanol–water partition coefficient (Wildman–Crippen LogP) is -4.83. The van der Waals surface area contributed by atoms with Crippen molar-refractivity contribution in [1.29, 1.82) is 0 Å². The zero-order chi connectivity index (χ0) is 19.6. The van der Waals surface area contributed by atoms with E-state index in [2.05, 4.69) is 0 Å². The van der Waals surface area contributed by atoms with Gasteiger partial charge in [0, 0.05) is 6.92 Å². The lowest BCUT2D eigenvalue weighted by molar-refractivity contribution is -0.376. The summed E-state index contributed by atoms with van der Waals surface area (Å²) >= 11 is 0. The van der Waals surface area contributed by atoms with E-state index in [1.54, 1.807) is 0 Å². The Balaban J connectivity index is 2.07. The van der Waals surface area contributed by atoms with Gasteiger partial charge in [0.15, 0.2) is 12.6 Å². The van der Waals surface area contributed by atoms with Gasteiger partial charge in [0.1, 0.15) is 55.4 Å². The van der Waals surface area contributed by atoms with Crippen molar-refractivity contribution in [3.8, 4) is 0 Å². The molecule has 0 aromatic heterocycles. The summed E-state index contributed by atoms with van der Waals surface area (Å²) < 4.78 is 20.3. The highest BCUT2D eigenvalue weighted by molar-refractivity contribution is 5.65. The van der Waals surface area contributed by atoms with E-state index in [9.17, 15) is 35.4 Å². The zero-order valence-electron chi connectivity index (χ0n) is 13.9. The van der Waals surface area contributed by atoms with E-state index in [-0.39, 0.29) is 0 Å². The summed E-state index contributed by atoms with van der Waals surface area (Å²) in [6.07, 6.45) is -15.9. The first kappa shape index (κ1) is 21.4. The van der Waals surface area contributed by atoms with Gasteiger partial charge in [-0.3, -0.25) is 4.79 Å². The largest absolute Gasteiger partial charge is 0.463 e. The summed E-state index contributed by atoms with van der Waals surface area (Å²) in [5.74, 6) is -0.659. The van der Waals surface area contributed by atoms with Crippen LogP contribution >= 0.6 is 0 Å². The SMILES string of the molecule is CC(=O)OCC1O[C@H](OC2OC(CO)C(O)C(O)C2O)C(O)C(O)C1O. The van der Waals surface area contributed by atoms with Crippen molar-refractivity contribution in [2.75, 3.05) is 13.2 Å². The second kappa shape index (κ2) is 8.84. The van der Waals surface area contributed by atoms with Crippen molar-refractivity contribution in [2.45, 2.75) is 68.3 Å². The highest BCUT2D eigenvalue weighted by atomic mass is 16.8. The minimum Gasteiger partial charge on any atom is -0.463 e. The first-order chi connectivity index (χ1) is 12.2. The lowest BCUT2D eigenvalue weighted by Crippen LogP contribution is -2.63. The van der Waals surface area contributed by atoms with Crippen molar-refractivity contribution in [3.05, 3.63) is 0 Å². The molecule has 0 aromatic rings. The monoisotopic (exact) mass is 384 g/mol. The summed E-state index contributed by atoms with van der Waals surface area (Å²) in [5.41, 5.74) is 0. The van der Waals surface area contributed by atoms with Crippen LogP contribution < -0.4 is 0 Å². The van der Waals surface area contributed by atoms with Crippen LogP contribution in [0.2, 0.25) is 0 Å². The van der Waals surface area contributed by atoms with Gasteiger partial charge in [-0.15, -0.1) is 0 Å². The number of esters is 1. The zero-order valence-corrected chi connectivity index (χ0v) is 13.9. The Morgan fingerprint density at radius 3 is 1.73 bits per heavy atom. The van der Waals surface area contributed by atoms with Gasteiger partial charge in [-0.2, -0.15) is 0 Å². The standard InChI is InChI=1S/C14H24O12/c1-4(16)23-3-6-8(18)10(20)12(22)14(25-6)26-13-11(21)9(19)7(17)5(2-15)24-13/h5-15,17-22H,2-3H2,1H3/t5?,6?,7?,8?,9?,10?,11?,12?,13?,14-/m1/s1. The summed E-state index contributed by atoms with van der Waals surface area (Å²) in [4.78, 5) is 10.9. The molecule has 26 heavy (non-hydrogen) atoms. The Morgan fingerprint density at radius 1 is 0.808 bits per heavy atom.